The number of aryl methyl sites for hydroxylation is 1. The Bertz CT molecular complexity index is 1050. The maximum Gasteiger partial charge on any atom is 0.358 e. The van der Waals surface area contributed by atoms with Gasteiger partial charge in [-0.05, 0) is 63.0 Å². The van der Waals surface area contributed by atoms with Crippen molar-refractivity contribution in [3.63, 3.8) is 0 Å². The van der Waals surface area contributed by atoms with E-state index >= 15 is 0 Å². The summed E-state index contributed by atoms with van der Waals surface area (Å²) in [6.07, 6.45) is 2.07. The first kappa shape index (κ1) is 20.9. The van der Waals surface area contributed by atoms with Crippen LogP contribution in [0.5, 0.6) is 0 Å². The van der Waals surface area contributed by atoms with Crippen molar-refractivity contribution in [3.8, 4) is 0 Å². The lowest BCUT2D eigenvalue weighted by atomic mass is 9.99. The first-order valence-electron chi connectivity index (χ1n) is 10.5. The minimum absolute atomic E-state index is 0.289. The molecule has 160 valence electrons. The molecule has 4 rings (SSSR count). The zero-order valence-corrected chi connectivity index (χ0v) is 18.5. The largest absolute Gasteiger partial charge is 0.461 e. The summed E-state index contributed by atoms with van der Waals surface area (Å²) < 4.78 is 13.4. The summed E-state index contributed by atoms with van der Waals surface area (Å²) in [7, 11) is 0. The van der Waals surface area contributed by atoms with Crippen LogP contribution in [0.15, 0.2) is 28.7 Å². The van der Waals surface area contributed by atoms with Crippen LogP contribution in [-0.4, -0.2) is 35.4 Å². The molecule has 0 spiro atoms. The summed E-state index contributed by atoms with van der Waals surface area (Å²) in [6, 6.07) is 7.62. The number of esters is 1. The van der Waals surface area contributed by atoms with E-state index in [4.69, 9.17) is 20.8 Å². The van der Waals surface area contributed by atoms with E-state index in [1.165, 1.54) is 0 Å². The van der Waals surface area contributed by atoms with E-state index in [1.807, 2.05) is 25.1 Å². The number of halogens is 1. The summed E-state index contributed by atoms with van der Waals surface area (Å²) in [4.78, 5) is 12.5. The van der Waals surface area contributed by atoms with Gasteiger partial charge in [-0.2, -0.15) is 5.10 Å². The fourth-order valence-electron chi connectivity index (χ4n) is 3.85. The van der Waals surface area contributed by atoms with E-state index < -0.39 is 0 Å². The van der Waals surface area contributed by atoms with Gasteiger partial charge in [0.05, 0.1) is 13.2 Å². The zero-order chi connectivity index (χ0) is 21.3. The molecule has 1 N–H and O–H groups in total. The third-order valence-corrected chi connectivity index (χ3v) is 5.88. The lowest BCUT2D eigenvalue weighted by molar-refractivity contribution is 0.0408. The van der Waals surface area contributed by atoms with E-state index in [2.05, 4.69) is 24.3 Å². The monoisotopic (exact) mass is 429 g/mol. The molecule has 30 heavy (non-hydrogen) atoms. The molecule has 3 aromatic rings. The molecule has 3 heterocycles. The van der Waals surface area contributed by atoms with Crippen LogP contribution >= 0.6 is 11.6 Å². The molecular formula is C23H28ClN3O3. The molecule has 1 fully saturated rings. The normalized spacial score (nSPS) is 15.2. The predicted octanol–water partition coefficient (Wildman–Crippen LogP) is 4.92. The average Bonchev–Trinajstić information content (AvgIpc) is 3.31. The number of aromatic nitrogens is 2. The highest BCUT2D eigenvalue weighted by atomic mass is 35.5. The van der Waals surface area contributed by atoms with Gasteiger partial charge in [0.25, 0.3) is 0 Å². The minimum atomic E-state index is -0.369. The Hall–Kier alpha value is -2.31. The molecule has 1 aliphatic heterocycles. The molecule has 7 heteroatoms. The van der Waals surface area contributed by atoms with Crippen LogP contribution in [0, 0.1) is 12.8 Å². The number of nitrogens with one attached hydrogen (secondary N) is 1. The summed E-state index contributed by atoms with van der Waals surface area (Å²) in [6.45, 7) is 9.00. The third kappa shape index (κ3) is 4.55. The fourth-order valence-corrected chi connectivity index (χ4v) is 4.10. The second kappa shape index (κ2) is 8.82. The summed E-state index contributed by atoms with van der Waals surface area (Å²) >= 11 is 6.34. The predicted molar refractivity (Wildman–Crippen MR) is 117 cm³/mol. The van der Waals surface area contributed by atoms with E-state index in [9.17, 15) is 4.79 Å². The third-order valence-electron chi connectivity index (χ3n) is 5.67. The molecule has 0 bridgehead atoms. The minimum Gasteiger partial charge on any atom is -0.461 e. The standard InChI is InChI=1S/C23H28ClN3O3/c1-14(2)21-11-17-9-19(24)10-18(22(17)30-21)12-27-15(3)8-20(26-27)23(28)29-13-16-4-6-25-7-5-16/h8-11,14,16,25H,4-7,12-13H2,1-3H3. The molecule has 0 aliphatic carbocycles. The average molecular weight is 430 g/mol. The van der Waals surface area contributed by atoms with Gasteiger partial charge in [-0.3, -0.25) is 4.68 Å². The number of nitrogens with zero attached hydrogens (tertiary/aromatic N) is 2. The Morgan fingerprint density at radius 3 is 2.80 bits per heavy atom. The summed E-state index contributed by atoms with van der Waals surface area (Å²) in [5, 5.41) is 9.44. The molecule has 0 atom stereocenters. The van der Waals surface area contributed by atoms with E-state index in [1.54, 1.807) is 10.7 Å². The highest BCUT2D eigenvalue weighted by molar-refractivity contribution is 6.31. The summed E-state index contributed by atoms with van der Waals surface area (Å²) in [5.41, 5.74) is 2.97. The Labute approximate surface area is 181 Å². The van der Waals surface area contributed by atoms with Gasteiger partial charge in [-0.15, -0.1) is 0 Å². The number of rotatable bonds is 6. The topological polar surface area (TPSA) is 69.3 Å². The van der Waals surface area contributed by atoms with Crippen molar-refractivity contribution in [3.05, 3.63) is 52.0 Å². The van der Waals surface area contributed by atoms with E-state index in [0.717, 1.165) is 53.9 Å². The van der Waals surface area contributed by atoms with Crippen molar-refractivity contribution in [2.45, 2.75) is 46.1 Å². The molecular weight excluding hydrogens is 402 g/mol. The van der Waals surface area contributed by atoms with Crippen LogP contribution in [0.4, 0.5) is 0 Å². The molecule has 1 aromatic carbocycles. The van der Waals surface area contributed by atoms with Crippen molar-refractivity contribution < 1.29 is 13.9 Å². The highest BCUT2D eigenvalue weighted by Gasteiger charge is 2.19. The number of ether oxygens (including phenoxy) is 1. The highest BCUT2D eigenvalue weighted by Crippen LogP contribution is 2.31. The van der Waals surface area contributed by atoms with Gasteiger partial charge in [0.1, 0.15) is 11.3 Å². The van der Waals surface area contributed by atoms with Crippen LogP contribution < -0.4 is 5.32 Å². The number of benzene rings is 1. The van der Waals surface area contributed by atoms with Crippen molar-refractivity contribution in [2.75, 3.05) is 19.7 Å². The first-order chi connectivity index (χ1) is 14.4. The molecule has 6 nitrogen and oxygen atoms in total. The first-order valence-corrected chi connectivity index (χ1v) is 10.9. The van der Waals surface area contributed by atoms with Gasteiger partial charge in [0.15, 0.2) is 5.69 Å². The van der Waals surface area contributed by atoms with E-state index in [-0.39, 0.29) is 11.9 Å². The maximum absolute atomic E-state index is 12.5. The summed E-state index contributed by atoms with van der Waals surface area (Å²) in [5.74, 6) is 1.27. The Balaban J connectivity index is 1.51. The second-order valence-electron chi connectivity index (χ2n) is 8.41. The molecule has 1 saturated heterocycles. The fraction of sp³-hybridized carbons (Fsp3) is 0.478. The Kier molecular flexibility index (Phi) is 6.16. The van der Waals surface area contributed by atoms with Gasteiger partial charge in [-0.25, -0.2) is 4.79 Å². The van der Waals surface area contributed by atoms with Gasteiger partial charge < -0.3 is 14.5 Å². The Morgan fingerprint density at radius 1 is 1.30 bits per heavy atom. The quantitative estimate of drug-likeness (QED) is 0.563. The van der Waals surface area contributed by atoms with Crippen LogP contribution in [0.2, 0.25) is 5.02 Å². The molecule has 0 saturated carbocycles. The lowest BCUT2D eigenvalue weighted by Crippen LogP contribution is -2.30. The number of fused-ring (bicyclic) bond motifs is 1. The maximum atomic E-state index is 12.5. The number of furan rings is 1. The van der Waals surface area contributed by atoms with Crippen LogP contribution in [0.1, 0.15) is 60.1 Å². The number of carbonyl (C=O) groups excluding carboxylic acids is 1. The van der Waals surface area contributed by atoms with Crippen LogP contribution in [0.3, 0.4) is 0 Å². The zero-order valence-electron chi connectivity index (χ0n) is 17.7. The van der Waals surface area contributed by atoms with Gasteiger partial charge >= 0.3 is 5.97 Å². The number of carbonyl (C=O) groups is 1. The van der Waals surface area contributed by atoms with Gasteiger partial charge in [0.2, 0.25) is 0 Å². The van der Waals surface area contributed by atoms with E-state index in [0.29, 0.717) is 29.8 Å². The molecule has 1 aliphatic rings. The van der Waals surface area contributed by atoms with Crippen molar-refractivity contribution >= 4 is 28.5 Å². The van der Waals surface area contributed by atoms with Gasteiger partial charge in [-0.1, -0.05) is 25.4 Å². The molecule has 0 radical (unpaired) electrons. The smallest absolute Gasteiger partial charge is 0.358 e. The van der Waals surface area contributed by atoms with Gasteiger partial charge in [0, 0.05) is 27.6 Å². The van der Waals surface area contributed by atoms with Crippen LogP contribution in [0.25, 0.3) is 11.0 Å². The second-order valence-corrected chi connectivity index (χ2v) is 8.84. The number of hydrogen-bond acceptors (Lipinski definition) is 5. The van der Waals surface area contributed by atoms with Crippen LogP contribution in [-0.2, 0) is 11.3 Å². The molecule has 2 aromatic heterocycles. The van der Waals surface area contributed by atoms with Crippen molar-refractivity contribution in [1.29, 1.82) is 0 Å². The van der Waals surface area contributed by atoms with Crippen molar-refractivity contribution in [2.24, 2.45) is 5.92 Å². The molecule has 0 amide bonds. The number of hydrogen-bond donors (Lipinski definition) is 1. The molecule has 0 unspecified atom stereocenters. The number of piperidine rings is 1. The van der Waals surface area contributed by atoms with Crippen molar-refractivity contribution in [1.82, 2.24) is 15.1 Å². The lowest BCUT2D eigenvalue weighted by Gasteiger charge is -2.21. The SMILES string of the molecule is Cc1cc(C(=O)OCC2CCNCC2)nn1Cc1cc(Cl)cc2cc(C(C)C)oc12. The Morgan fingerprint density at radius 2 is 2.07 bits per heavy atom.